The Hall–Kier alpha value is -0.730. The Morgan fingerprint density at radius 1 is 1.48 bits per heavy atom. The zero-order valence-electron chi connectivity index (χ0n) is 11.4. The van der Waals surface area contributed by atoms with Gasteiger partial charge in [-0.1, -0.05) is 11.6 Å². The van der Waals surface area contributed by atoms with Crippen molar-refractivity contribution < 1.29 is 17.5 Å². The van der Waals surface area contributed by atoms with E-state index in [0.29, 0.717) is 25.6 Å². The van der Waals surface area contributed by atoms with E-state index in [1.165, 1.54) is 6.07 Å². The van der Waals surface area contributed by atoms with Crippen LogP contribution in [0.15, 0.2) is 17.0 Å². The highest BCUT2D eigenvalue weighted by Crippen LogP contribution is 2.24. The van der Waals surface area contributed by atoms with E-state index in [-0.39, 0.29) is 23.7 Å². The van der Waals surface area contributed by atoms with Crippen molar-refractivity contribution in [3.8, 4) is 0 Å². The molecule has 0 saturated carbocycles. The Balaban J connectivity index is 2.09. The molecular formula is C13H18ClFN2O3S. The summed E-state index contributed by atoms with van der Waals surface area (Å²) in [6.45, 7) is 1.47. The summed E-state index contributed by atoms with van der Waals surface area (Å²) in [5, 5.41) is 0.140. The predicted octanol–water partition coefficient (Wildman–Crippen LogP) is 1.64. The van der Waals surface area contributed by atoms with E-state index < -0.39 is 20.7 Å². The van der Waals surface area contributed by atoms with Crippen molar-refractivity contribution >= 4 is 21.6 Å². The minimum Gasteiger partial charge on any atom is -0.381 e. The van der Waals surface area contributed by atoms with Crippen molar-refractivity contribution in [2.24, 2.45) is 11.7 Å². The van der Waals surface area contributed by atoms with Gasteiger partial charge in [-0.3, -0.25) is 0 Å². The molecule has 0 aliphatic carbocycles. The van der Waals surface area contributed by atoms with E-state index in [4.69, 9.17) is 22.1 Å². The number of hydrogen-bond donors (Lipinski definition) is 2. The highest BCUT2D eigenvalue weighted by Gasteiger charge is 2.23. The molecule has 0 amide bonds. The van der Waals surface area contributed by atoms with Crippen molar-refractivity contribution in [1.29, 1.82) is 0 Å². The first-order valence-electron chi connectivity index (χ1n) is 6.69. The largest absolute Gasteiger partial charge is 0.381 e. The summed E-state index contributed by atoms with van der Waals surface area (Å²) in [4.78, 5) is -0.460. The molecule has 1 fully saturated rings. The van der Waals surface area contributed by atoms with Crippen molar-refractivity contribution in [3.63, 3.8) is 0 Å². The lowest BCUT2D eigenvalue weighted by molar-refractivity contribution is 0.184. The molecule has 1 aliphatic rings. The molecule has 8 heteroatoms. The van der Waals surface area contributed by atoms with Gasteiger partial charge < -0.3 is 10.5 Å². The topological polar surface area (TPSA) is 81.4 Å². The summed E-state index contributed by atoms with van der Waals surface area (Å²) in [5.74, 6) is -0.505. The second-order valence-electron chi connectivity index (χ2n) is 5.00. The van der Waals surface area contributed by atoms with Gasteiger partial charge in [0.05, 0.1) is 0 Å². The molecule has 1 heterocycles. The molecule has 1 saturated heterocycles. The van der Waals surface area contributed by atoms with Crippen LogP contribution in [0.3, 0.4) is 0 Å². The molecule has 1 atom stereocenters. The lowest BCUT2D eigenvalue weighted by Crippen LogP contribution is -2.27. The highest BCUT2D eigenvalue weighted by molar-refractivity contribution is 7.89. The number of rotatable bonds is 6. The third-order valence-electron chi connectivity index (χ3n) is 3.46. The van der Waals surface area contributed by atoms with E-state index in [2.05, 4.69) is 4.72 Å². The molecule has 0 aromatic heterocycles. The molecule has 1 unspecified atom stereocenters. The Labute approximate surface area is 128 Å². The second kappa shape index (κ2) is 7.02. The van der Waals surface area contributed by atoms with Gasteiger partial charge in [-0.2, -0.15) is 0 Å². The van der Waals surface area contributed by atoms with Gasteiger partial charge in [0.25, 0.3) is 0 Å². The molecule has 0 spiro atoms. The van der Waals surface area contributed by atoms with E-state index >= 15 is 0 Å². The highest BCUT2D eigenvalue weighted by atomic mass is 35.5. The summed E-state index contributed by atoms with van der Waals surface area (Å²) in [6.07, 6.45) is 1.58. The summed E-state index contributed by atoms with van der Waals surface area (Å²) in [6, 6.07) is 2.42. The number of halogens is 2. The molecule has 2 rings (SSSR count). The van der Waals surface area contributed by atoms with E-state index in [0.717, 1.165) is 12.5 Å². The van der Waals surface area contributed by atoms with Gasteiger partial charge in [-0.25, -0.2) is 17.5 Å². The molecule has 1 aromatic carbocycles. The maximum Gasteiger partial charge on any atom is 0.243 e. The maximum atomic E-state index is 14.1. The molecule has 5 nitrogen and oxygen atoms in total. The van der Waals surface area contributed by atoms with Crippen LogP contribution in [0, 0.1) is 11.7 Å². The molecule has 0 radical (unpaired) electrons. The van der Waals surface area contributed by atoms with Crippen LogP contribution >= 0.6 is 11.6 Å². The van der Waals surface area contributed by atoms with Crippen LogP contribution in [0.1, 0.15) is 18.4 Å². The fourth-order valence-corrected chi connectivity index (χ4v) is 3.75. The summed E-state index contributed by atoms with van der Waals surface area (Å²) < 4.78 is 46.0. The number of sulfonamides is 1. The van der Waals surface area contributed by atoms with Crippen molar-refractivity contribution in [1.82, 2.24) is 4.72 Å². The van der Waals surface area contributed by atoms with Crippen LogP contribution in [-0.2, 0) is 21.3 Å². The Morgan fingerprint density at radius 2 is 2.24 bits per heavy atom. The Morgan fingerprint density at radius 3 is 2.86 bits per heavy atom. The minimum atomic E-state index is -3.94. The van der Waals surface area contributed by atoms with Crippen molar-refractivity contribution in [2.45, 2.75) is 24.3 Å². The van der Waals surface area contributed by atoms with Crippen LogP contribution in [0.5, 0.6) is 0 Å². The van der Waals surface area contributed by atoms with Gasteiger partial charge in [0.1, 0.15) is 10.7 Å². The first-order valence-corrected chi connectivity index (χ1v) is 8.55. The molecule has 1 aliphatic heterocycles. The van der Waals surface area contributed by atoms with Crippen LogP contribution in [-0.4, -0.2) is 28.2 Å². The van der Waals surface area contributed by atoms with Gasteiger partial charge in [-0.15, -0.1) is 0 Å². The first kappa shape index (κ1) is 16.6. The van der Waals surface area contributed by atoms with Gasteiger partial charge in [-0.05, 0) is 30.9 Å². The average Bonchev–Trinajstić information content (AvgIpc) is 2.93. The van der Waals surface area contributed by atoms with Gasteiger partial charge in [0.15, 0.2) is 0 Å². The monoisotopic (exact) mass is 336 g/mol. The lowest BCUT2D eigenvalue weighted by Gasteiger charge is -2.12. The van der Waals surface area contributed by atoms with Crippen molar-refractivity contribution in [2.75, 3.05) is 19.8 Å². The normalized spacial score (nSPS) is 19.1. The van der Waals surface area contributed by atoms with Crippen LogP contribution in [0.25, 0.3) is 0 Å². The molecule has 118 valence electrons. The lowest BCUT2D eigenvalue weighted by atomic mass is 10.1. The second-order valence-corrected chi connectivity index (χ2v) is 7.17. The maximum absolute atomic E-state index is 14.1. The van der Waals surface area contributed by atoms with Gasteiger partial charge in [0, 0.05) is 36.9 Å². The molecule has 21 heavy (non-hydrogen) atoms. The third-order valence-corrected chi connectivity index (χ3v) is 5.14. The van der Waals surface area contributed by atoms with E-state index in [1.54, 1.807) is 0 Å². The van der Waals surface area contributed by atoms with Crippen LogP contribution < -0.4 is 10.5 Å². The van der Waals surface area contributed by atoms with Crippen molar-refractivity contribution in [3.05, 3.63) is 28.5 Å². The molecular weight excluding hydrogens is 319 g/mol. The number of benzene rings is 1. The standard InChI is InChI=1S/C13H18ClFN2O3S/c14-11-5-10(7-16)13(15)12(6-11)21(18,19)17-3-1-9-2-4-20-8-9/h5-6,9,17H,1-4,7-8,16H2. The summed E-state index contributed by atoms with van der Waals surface area (Å²) in [7, 11) is -3.94. The Bertz CT molecular complexity index is 604. The fraction of sp³-hybridized carbons (Fsp3) is 0.538. The smallest absolute Gasteiger partial charge is 0.243 e. The number of nitrogens with two attached hydrogens (primary N) is 1. The summed E-state index contributed by atoms with van der Waals surface area (Å²) >= 11 is 5.81. The molecule has 0 bridgehead atoms. The predicted molar refractivity (Wildman–Crippen MR) is 78.0 cm³/mol. The fourth-order valence-electron chi connectivity index (χ4n) is 2.25. The molecule has 1 aromatic rings. The number of nitrogens with one attached hydrogen (secondary N) is 1. The average molecular weight is 337 g/mol. The summed E-state index contributed by atoms with van der Waals surface area (Å²) in [5.41, 5.74) is 5.46. The van der Waals surface area contributed by atoms with E-state index in [9.17, 15) is 12.8 Å². The van der Waals surface area contributed by atoms with Gasteiger partial charge in [0.2, 0.25) is 10.0 Å². The minimum absolute atomic E-state index is 0.0760. The van der Waals surface area contributed by atoms with Gasteiger partial charge >= 0.3 is 0 Å². The number of hydrogen-bond acceptors (Lipinski definition) is 4. The zero-order chi connectivity index (χ0) is 15.5. The zero-order valence-corrected chi connectivity index (χ0v) is 13.0. The van der Waals surface area contributed by atoms with E-state index in [1.807, 2.05) is 0 Å². The quantitative estimate of drug-likeness (QED) is 0.827. The first-order chi connectivity index (χ1) is 9.94. The van der Waals surface area contributed by atoms with Crippen LogP contribution in [0.4, 0.5) is 4.39 Å². The number of ether oxygens (including phenoxy) is 1. The SMILES string of the molecule is NCc1cc(Cl)cc(S(=O)(=O)NCCC2CCOC2)c1F. The third kappa shape index (κ3) is 4.14. The van der Waals surface area contributed by atoms with Crippen LogP contribution in [0.2, 0.25) is 5.02 Å². The molecule has 3 N–H and O–H groups in total. The Kier molecular flexibility index (Phi) is 5.56.